The molecule has 2 heteroatoms. The van der Waals surface area contributed by atoms with Gasteiger partial charge in [-0.15, -0.1) is 0 Å². The van der Waals surface area contributed by atoms with Crippen LogP contribution in [0.4, 0.5) is 0 Å². The first-order valence-electron chi connectivity index (χ1n) is 5.16. The second-order valence-corrected chi connectivity index (χ2v) is 4.31. The summed E-state index contributed by atoms with van der Waals surface area (Å²) >= 11 is 0. The van der Waals surface area contributed by atoms with Crippen LogP contribution in [0.5, 0.6) is 0 Å². The molecule has 1 unspecified atom stereocenters. The molecular weight excluding hydrogens is 162 g/mol. The largest absolute Gasteiger partial charge is 0.335 e. The highest BCUT2D eigenvalue weighted by molar-refractivity contribution is 5.74. The second kappa shape index (κ2) is 4.64. The molecule has 2 nitrogen and oxygen atoms in total. The maximum atomic E-state index is 11.5. The first-order valence-corrected chi connectivity index (χ1v) is 5.16. The van der Waals surface area contributed by atoms with Crippen molar-refractivity contribution in [2.75, 3.05) is 0 Å². The lowest BCUT2D eigenvalue weighted by molar-refractivity contribution is -0.137. The Morgan fingerprint density at radius 3 is 2.08 bits per heavy atom. The van der Waals surface area contributed by atoms with Gasteiger partial charge in [0.2, 0.25) is 5.91 Å². The Balaban J connectivity index is 4.70. The Labute approximate surface area is 82.3 Å². The summed E-state index contributed by atoms with van der Waals surface area (Å²) < 4.78 is 0. The molecule has 0 aromatic heterocycles. The van der Waals surface area contributed by atoms with Crippen LogP contribution < -0.4 is 0 Å². The van der Waals surface area contributed by atoms with Crippen molar-refractivity contribution in [2.45, 2.75) is 66.0 Å². The van der Waals surface area contributed by atoms with Gasteiger partial charge >= 0.3 is 0 Å². The summed E-state index contributed by atoms with van der Waals surface area (Å²) in [5, 5.41) is 0. The predicted molar refractivity (Wildman–Crippen MR) is 56.6 cm³/mol. The van der Waals surface area contributed by atoms with Crippen molar-refractivity contribution in [1.29, 1.82) is 0 Å². The van der Waals surface area contributed by atoms with Gasteiger partial charge in [-0.2, -0.15) is 0 Å². The fraction of sp³-hybridized carbons (Fsp3) is 0.909. The molecule has 0 aliphatic carbocycles. The zero-order valence-corrected chi connectivity index (χ0v) is 9.85. The van der Waals surface area contributed by atoms with Crippen molar-refractivity contribution in [3.05, 3.63) is 0 Å². The Morgan fingerprint density at radius 2 is 1.85 bits per heavy atom. The first-order chi connectivity index (χ1) is 5.86. The normalized spacial score (nSPS) is 14.0. The molecule has 13 heavy (non-hydrogen) atoms. The molecule has 0 bridgehead atoms. The van der Waals surface area contributed by atoms with Crippen molar-refractivity contribution in [2.24, 2.45) is 0 Å². The zero-order valence-electron chi connectivity index (χ0n) is 9.85. The third kappa shape index (κ3) is 3.02. The summed E-state index contributed by atoms with van der Waals surface area (Å²) in [6.45, 7) is 12.3. The molecule has 0 saturated heterocycles. The van der Waals surface area contributed by atoms with E-state index in [1.807, 2.05) is 4.90 Å². The summed E-state index contributed by atoms with van der Waals surface area (Å²) in [6.07, 6.45) is 2.01. The molecule has 0 aliphatic rings. The van der Waals surface area contributed by atoms with E-state index in [2.05, 4.69) is 34.6 Å². The molecule has 1 atom stereocenters. The van der Waals surface area contributed by atoms with Gasteiger partial charge in [0.25, 0.3) is 0 Å². The number of carbonyl (C=O) groups excluding carboxylic acids is 1. The minimum absolute atomic E-state index is 0.0126. The molecule has 0 radical (unpaired) electrons. The van der Waals surface area contributed by atoms with Crippen LogP contribution in [-0.2, 0) is 4.79 Å². The Morgan fingerprint density at radius 1 is 1.38 bits per heavy atom. The number of amides is 1. The van der Waals surface area contributed by atoms with E-state index in [1.165, 1.54) is 0 Å². The molecular formula is C11H23NO. The van der Waals surface area contributed by atoms with Crippen molar-refractivity contribution in [3.8, 4) is 0 Å². The third-order valence-corrected chi connectivity index (χ3v) is 2.89. The fourth-order valence-corrected chi connectivity index (χ4v) is 1.69. The van der Waals surface area contributed by atoms with Crippen molar-refractivity contribution >= 4 is 5.91 Å². The molecule has 0 spiro atoms. The highest BCUT2D eigenvalue weighted by Crippen LogP contribution is 2.22. The highest BCUT2D eigenvalue weighted by Gasteiger charge is 2.29. The van der Waals surface area contributed by atoms with Crippen molar-refractivity contribution in [1.82, 2.24) is 4.90 Å². The number of nitrogens with zero attached hydrogens (tertiary/aromatic N) is 1. The van der Waals surface area contributed by atoms with Crippen LogP contribution in [0.3, 0.4) is 0 Å². The Kier molecular flexibility index (Phi) is 4.45. The molecule has 1 amide bonds. The fourth-order valence-electron chi connectivity index (χ4n) is 1.69. The van der Waals surface area contributed by atoms with E-state index in [9.17, 15) is 4.79 Å². The van der Waals surface area contributed by atoms with Gasteiger partial charge in [-0.25, -0.2) is 0 Å². The molecule has 0 N–H and O–H groups in total. The number of hydrogen-bond acceptors (Lipinski definition) is 1. The molecule has 0 aromatic rings. The average molecular weight is 185 g/mol. The van der Waals surface area contributed by atoms with Crippen LogP contribution in [0.15, 0.2) is 0 Å². The van der Waals surface area contributed by atoms with E-state index in [4.69, 9.17) is 0 Å². The van der Waals surface area contributed by atoms with Crippen LogP contribution in [0.1, 0.15) is 54.4 Å². The first kappa shape index (κ1) is 12.5. The van der Waals surface area contributed by atoms with Crippen molar-refractivity contribution in [3.63, 3.8) is 0 Å². The zero-order chi connectivity index (χ0) is 10.6. The SMILES string of the molecule is CCC(C)N(C(C)=O)C(C)(C)CC. The van der Waals surface area contributed by atoms with E-state index < -0.39 is 0 Å². The van der Waals surface area contributed by atoms with Crippen molar-refractivity contribution < 1.29 is 4.79 Å². The highest BCUT2D eigenvalue weighted by atomic mass is 16.2. The molecule has 0 heterocycles. The van der Waals surface area contributed by atoms with Gasteiger partial charge in [0.1, 0.15) is 0 Å². The molecule has 78 valence electrons. The molecule has 0 aliphatic heterocycles. The van der Waals surface area contributed by atoms with E-state index in [0.717, 1.165) is 12.8 Å². The standard InChI is InChI=1S/C11H23NO/c1-7-9(3)12(10(4)13)11(5,6)8-2/h9H,7-8H2,1-6H3. The summed E-state index contributed by atoms with van der Waals surface area (Å²) in [7, 11) is 0. The van der Waals surface area contributed by atoms with Gasteiger partial charge in [0.15, 0.2) is 0 Å². The van der Waals surface area contributed by atoms with Gasteiger partial charge in [0, 0.05) is 18.5 Å². The molecule has 0 fully saturated rings. The van der Waals surface area contributed by atoms with Gasteiger partial charge in [0.05, 0.1) is 0 Å². The molecule has 0 saturated carbocycles. The van der Waals surface area contributed by atoms with Crippen LogP contribution in [-0.4, -0.2) is 22.4 Å². The topological polar surface area (TPSA) is 20.3 Å². The number of hydrogen-bond donors (Lipinski definition) is 0. The molecule has 0 aromatic carbocycles. The summed E-state index contributed by atoms with van der Waals surface area (Å²) in [6, 6.07) is 0.340. The predicted octanol–water partition coefficient (Wildman–Crippen LogP) is 2.82. The number of carbonyl (C=O) groups is 1. The van der Waals surface area contributed by atoms with E-state index in [0.29, 0.717) is 6.04 Å². The minimum Gasteiger partial charge on any atom is -0.335 e. The van der Waals surface area contributed by atoms with Gasteiger partial charge in [-0.3, -0.25) is 4.79 Å². The maximum absolute atomic E-state index is 11.5. The van der Waals surface area contributed by atoms with Gasteiger partial charge in [-0.05, 0) is 33.6 Å². The summed E-state index contributed by atoms with van der Waals surface area (Å²) in [5.41, 5.74) is -0.0126. The van der Waals surface area contributed by atoms with E-state index in [1.54, 1.807) is 6.92 Å². The van der Waals surface area contributed by atoms with Crippen LogP contribution in [0.25, 0.3) is 0 Å². The second-order valence-electron chi connectivity index (χ2n) is 4.31. The average Bonchev–Trinajstić information content (AvgIpc) is 2.03. The smallest absolute Gasteiger partial charge is 0.220 e. The quantitative estimate of drug-likeness (QED) is 0.659. The molecule has 0 rings (SSSR count). The Hall–Kier alpha value is -0.530. The summed E-state index contributed by atoms with van der Waals surface area (Å²) in [5.74, 6) is 0.182. The van der Waals surface area contributed by atoms with Gasteiger partial charge < -0.3 is 4.90 Å². The minimum atomic E-state index is -0.0126. The van der Waals surface area contributed by atoms with E-state index >= 15 is 0 Å². The number of rotatable bonds is 4. The third-order valence-electron chi connectivity index (χ3n) is 2.89. The van der Waals surface area contributed by atoms with Crippen LogP contribution in [0, 0.1) is 0 Å². The van der Waals surface area contributed by atoms with Crippen LogP contribution >= 0.6 is 0 Å². The van der Waals surface area contributed by atoms with Gasteiger partial charge in [-0.1, -0.05) is 13.8 Å². The lowest BCUT2D eigenvalue weighted by atomic mass is 9.96. The monoisotopic (exact) mass is 185 g/mol. The maximum Gasteiger partial charge on any atom is 0.220 e. The lowest BCUT2D eigenvalue weighted by Crippen LogP contribution is -2.50. The summed E-state index contributed by atoms with van der Waals surface area (Å²) in [4.78, 5) is 13.5. The lowest BCUT2D eigenvalue weighted by Gasteiger charge is -2.41. The Bertz CT molecular complexity index is 175. The van der Waals surface area contributed by atoms with Crippen LogP contribution in [0.2, 0.25) is 0 Å². The van der Waals surface area contributed by atoms with E-state index in [-0.39, 0.29) is 11.4 Å².